The highest BCUT2D eigenvalue weighted by atomic mass is 19.1. The van der Waals surface area contributed by atoms with E-state index in [1.165, 1.54) is 12.1 Å². The third-order valence-corrected chi connectivity index (χ3v) is 3.12. The fourth-order valence-electron chi connectivity index (χ4n) is 2.20. The molecule has 1 aliphatic rings. The minimum atomic E-state index is -0.276. The lowest BCUT2D eigenvalue weighted by molar-refractivity contribution is -0.135. The number of halogens is 1. The van der Waals surface area contributed by atoms with E-state index in [4.69, 9.17) is 5.73 Å². The summed E-state index contributed by atoms with van der Waals surface area (Å²) < 4.78 is 12.8. The summed E-state index contributed by atoms with van der Waals surface area (Å²) in [4.78, 5) is 13.2. The lowest BCUT2D eigenvalue weighted by Gasteiger charge is -2.37. The molecule has 0 radical (unpaired) electrons. The normalized spacial score (nSPS) is 25.9. The lowest BCUT2D eigenvalue weighted by atomic mass is 9.91. The predicted molar refractivity (Wildman–Crippen MR) is 59.1 cm³/mol. The third kappa shape index (κ3) is 1.93. The number of rotatable bonds is 1. The Balaban J connectivity index is 2.29. The maximum Gasteiger partial charge on any atom is 0.222 e. The van der Waals surface area contributed by atoms with Crippen LogP contribution in [0.2, 0.25) is 0 Å². The van der Waals surface area contributed by atoms with Crippen molar-refractivity contribution in [3.8, 4) is 0 Å². The Morgan fingerprint density at radius 3 is 2.62 bits per heavy atom. The number of nitrogens with two attached hydrogens (primary N) is 1. The number of hydrogen-bond acceptors (Lipinski definition) is 2. The minimum absolute atomic E-state index is 0.0758. The standard InChI is InChI=1S/C12H15FN2O/c1-15-11(16)7-6-10(14)12(15)8-2-4-9(13)5-3-8/h2-5,10,12H,6-7,14H2,1H3. The van der Waals surface area contributed by atoms with E-state index < -0.39 is 0 Å². The summed E-state index contributed by atoms with van der Waals surface area (Å²) in [6.45, 7) is 0. The first kappa shape index (κ1) is 11.1. The quantitative estimate of drug-likeness (QED) is 0.781. The minimum Gasteiger partial charge on any atom is -0.337 e. The van der Waals surface area contributed by atoms with Crippen LogP contribution in [0.3, 0.4) is 0 Å². The van der Waals surface area contributed by atoms with Gasteiger partial charge in [-0.15, -0.1) is 0 Å². The molecule has 1 fully saturated rings. The molecule has 2 atom stereocenters. The van der Waals surface area contributed by atoms with E-state index >= 15 is 0 Å². The van der Waals surface area contributed by atoms with Crippen molar-refractivity contribution in [1.29, 1.82) is 0 Å². The van der Waals surface area contributed by atoms with Gasteiger partial charge in [-0.3, -0.25) is 4.79 Å². The molecular formula is C12H15FN2O. The maximum absolute atomic E-state index is 12.8. The van der Waals surface area contributed by atoms with Gasteiger partial charge in [0.2, 0.25) is 5.91 Å². The molecule has 2 unspecified atom stereocenters. The molecule has 1 aromatic rings. The Bertz CT molecular complexity index is 391. The Labute approximate surface area is 94.0 Å². The summed E-state index contributed by atoms with van der Waals surface area (Å²) in [7, 11) is 1.75. The van der Waals surface area contributed by atoms with Crippen molar-refractivity contribution in [2.45, 2.75) is 24.9 Å². The zero-order valence-corrected chi connectivity index (χ0v) is 9.19. The summed E-state index contributed by atoms with van der Waals surface area (Å²) in [5, 5.41) is 0. The number of piperidine rings is 1. The molecule has 1 amide bonds. The van der Waals surface area contributed by atoms with E-state index in [0.717, 1.165) is 5.56 Å². The van der Waals surface area contributed by atoms with Gasteiger partial charge in [-0.05, 0) is 24.1 Å². The van der Waals surface area contributed by atoms with Crippen molar-refractivity contribution in [3.05, 3.63) is 35.6 Å². The van der Waals surface area contributed by atoms with Gasteiger partial charge >= 0.3 is 0 Å². The van der Waals surface area contributed by atoms with Crippen LogP contribution in [0.5, 0.6) is 0 Å². The first-order valence-corrected chi connectivity index (χ1v) is 5.36. The number of amides is 1. The van der Waals surface area contributed by atoms with Crippen molar-refractivity contribution in [2.24, 2.45) is 5.73 Å². The molecule has 3 nitrogen and oxygen atoms in total. The molecule has 0 spiro atoms. The summed E-state index contributed by atoms with van der Waals surface area (Å²) >= 11 is 0. The van der Waals surface area contributed by atoms with Crippen LogP contribution in [0.4, 0.5) is 4.39 Å². The van der Waals surface area contributed by atoms with Gasteiger partial charge in [0, 0.05) is 19.5 Å². The summed E-state index contributed by atoms with van der Waals surface area (Å²) in [6.07, 6.45) is 1.18. The third-order valence-electron chi connectivity index (χ3n) is 3.12. The van der Waals surface area contributed by atoms with Gasteiger partial charge in [-0.25, -0.2) is 4.39 Å². The number of carbonyl (C=O) groups is 1. The second-order valence-corrected chi connectivity index (χ2v) is 4.20. The molecule has 86 valence electrons. The van der Waals surface area contributed by atoms with E-state index in [0.29, 0.717) is 12.8 Å². The van der Waals surface area contributed by atoms with E-state index in [-0.39, 0.29) is 23.8 Å². The molecule has 1 heterocycles. The monoisotopic (exact) mass is 222 g/mol. The molecule has 1 aromatic carbocycles. The smallest absolute Gasteiger partial charge is 0.222 e. The van der Waals surface area contributed by atoms with Crippen molar-refractivity contribution in [3.63, 3.8) is 0 Å². The fraction of sp³-hybridized carbons (Fsp3) is 0.417. The molecule has 4 heteroatoms. The van der Waals surface area contributed by atoms with Gasteiger partial charge < -0.3 is 10.6 Å². The number of likely N-dealkylation sites (N-methyl/N-ethyl adjacent to an activating group) is 1. The van der Waals surface area contributed by atoms with Crippen LogP contribution < -0.4 is 5.73 Å². The predicted octanol–water partition coefficient (Wildman–Crippen LogP) is 1.45. The van der Waals surface area contributed by atoms with Crippen molar-refractivity contribution in [2.75, 3.05) is 7.05 Å². The van der Waals surface area contributed by atoms with Gasteiger partial charge in [-0.2, -0.15) is 0 Å². The summed E-state index contributed by atoms with van der Waals surface area (Å²) in [5.41, 5.74) is 6.91. The van der Waals surface area contributed by atoms with Crippen molar-refractivity contribution in [1.82, 2.24) is 4.90 Å². The number of likely N-dealkylation sites (tertiary alicyclic amines) is 1. The van der Waals surface area contributed by atoms with Crippen LogP contribution in [0.15, 0.2) is 24.3 Å². The van der Waals surface area contributed by atoms with E-state index in [1.807, 2.05) is 0 Å². The Morgan fingerprint density at radius 1 is 1.38 bits per heavy atom. The van der Waals surface area contributed by atoms with Crippen LogP contribution in [-0.4, -0.2) is 23.9 Å². The average molecular weight is 222 g/mol. The van der Waals surface area contributed by atoms with E-state index in [2.05, 4.69) is 0 Å². The van der Waals surface area contributed by atoms with Crippen LogP contribution in [0, 0.1) is 5.82 Å². The highest BCUT2D eigenvalue weighted by molar-refractivity contribution is 5.77. The number of nitrogens with zero attached hydrogens (tertiary/aromatic N) is 1. The highest BCUT2D eigenvalue weighted by Gasteiger charge is 2.32. The van der Waals surface area contributed by atoms with Gasteiger partial charge in [0.25, 0.3) is 0 Å². The van der Waals surface area contributed by atoms with Crippen LogP contribution in [0.1, 0.15) is 24.4 Å². The molecule has 1 aliphatic heterocycles. The summed E-state index contributed by atoms with van der Waals surface area (Å²) in [6, 6.07) is 5.96. The maximum atomic E-state index is 12.8. The van der Waals surface area contributed by atoms with Gasteiger partial charge in [0.05, 0.1) is 6.04 Å². The SMILES string of the molecule is CN1C(=O)CCC(N)C1c1ccc(F)cc1. The fourth-order valence-corrected chi connectivity index (χ4v) is 2.20. The lowest BCUT2D eigenvalue weighted by Crippen LogP contribution is -2.46. The van der Waals surface area contributed by atoms with Gasteiger partial charge in [0.1, 0.15) is 5.82 Å². The highest BCUT2D eigenvalue weighted by Crippen LogP contribution is 2.29. The largest absolute Gasteiger partial charge is 0.337 e. The summed E-state index contributed by atoms with van der Waals surface area (Å²) in [5.74, 6) is -0.182. The van der Waals surface area contributed by atoms with Crippen molar-refractivity contribution < 1.29 is 9.18 Å². The number of carbonyl (C=O) groups excluding carboxylic acids is 1. The second-order valence-electron chi connectivity index (χ2n) is 4.20. The van der Waals surface area contributed by atoms with E-state index in [1.54, 1.807) is 24.1 Å². The molecule has 16 heavy (non-hydrogen) atoms. The average Bonchev–Trinajstić information content (AvgIpc) is 2.27. The zero-order chi connectivity index (χ0) is 11.7. The molecule has 0 aliphatic carbocycles. The molecule has 0 saturated carbocycles. The number of benzene rings is 1. The molecule has 0 aromatic heterocycles. The Morgan fingerprint density at radius 2 is 2.00 bits per heavy atom. The van der Waals surface area contributed by atoms with Crippen LogP contribution >= 0.6 is 0 Å². The molecule has 2 rings (SSSR count). The number of hydrogen-bond donors (Lipinski definition) is 1. The van der Waals surface area contributed by atoms with Gasteiger partial charge in [-0.1, -0.05) is 12.1 Å². The molecular weight excluding hydrogens is 207 g/mol. The molecule has 1 saturated heterocycles. The first-order valence-electron chi connectivity index (χ1n) is 5.36. The first-order chi connectivity index (χ1) is 7.59. The second kappa shape index (κ2) is 4.22. The van der Waals surface area contributed by atoms with E-state index in [9.17, 15) is 9.18 Å². The van der Waals surface area contributed by atoms with Crippen molar-refractivity contribution >= 4 is 5.91 Å². The molecule has 2 N–H and O–H groups in total. The van der Waals surface area contributed by atoms with Crippen LogP contribution in [-0.2, 0) is 4.79 Å². The van der Waals surface area contributed by atoms with Crippen LogP contribution in [0.25, 0.3) is 0 Å². The topological polar surface area (TPSA) is 46.3 Å². The Kier molecular flexibility index (Phi) is 2.92. The van der Waals surface area contributed by atoms with Gasteiger partial charge in [0.15, 0.2) is 0 Å². The molecule has 0 bridgehead atoms. The zero-order valence-electron chi connectivity index (χ0n) is 9.19. The Hall–Kier alpha value is -1.42.